The number of aromatic nitrogens is 1. The maximum absolute atomic E-state index is 14.1. The molecule has 3 aliphatic heterocycles. The zero-order valence-corrected chi connectivity index (χ0v) is 24.5. The molecule has 3 aliphatic rings. The van der Waals surface area contributed by atoms with Crippen molar-refractivity contribution in [2.75, 3.05) is 24.6 Å². The van der Waals surface area contributed by atoms with E-state index in [0.29, 0.717) is 40.9 Å². The lowest BCUT2D eigenvalue weighted by atomic mass is 9.83. The van der Waals surface area contributed by atoms with Gasteiger partial charge in [0.15, 0.2) is 11.5 Å². The molecule has 11 heteroatoms. The van der Waals surface area contributed by atoms with Gasteiger partial charge in [0.25, 0.3) is 0 Å². The van der Waals surface area contributed by atoms with Crippen molar-refractivity contribution >= 4 is 46.5 Å². The second kappa shape index (κ2) is 11.0. The van der Waals surface area contributed by atoms with Crippen LogP contribution in [0.4, 0.5) is 5.69 Å². The monoisotopic (exact) mass is 593 g/mol. The van der Waals surface area contributed by atoms with Crippen LogP contribution in [0, 0.1) is 12.8 Å². The van der Waals surface area contributed by atoms with Gasteiger partial charge in [-0.25, -0.2) is 4.90 Å². The Morgan fingerprint density at radius 1 is 1.02 bits per heavy atom. The number of rotatable bonds is 6. The van der Waals surface area contributed by atoms with Crippen LogP contribution in [0.3, 0.4) is 0 Å². The Morgan fingerprint density at radius 3 is 2.46 bits per heavy atom. The first-order chi connectivity index (χ1) is 19.8. The predicted molar refractivity (Wildman–Crippen MR) is 157 cm³/mol. The minimum atomic E-state index is -0.781. The van der Waals surface area contributed by atoms with Crippen LogP contribution in [0.2, 0.25) is 0 Å². The Morgan fingerprint density at radius 2 is 1.76 bits per heavy atom. The zero-order valence-electron chi connectivity index (χ0n) is 22.9. The van der Waals surface area contributed by atoms with E-state index in [2.05, 4.69) is 0 Å². The molecule has 41 heavy (non-hydrogen) atoms. The Labute approximate surface area is 245 Å². The average Bonchev–Trinajstić information content (AvgIpc) is 3.41. The van der Waals surface area contributed by atoms with E-state index in [1.54, 1.807) is 36.1 Å². The number of aromatic hydroxyl groups is 1. The van der Waals surface area contributed by atoms with Crippen molar-refractivity contribution in [1.82, 2.24) is 9.47 Å². The number of fused-ring (bicyclic) bond motifs is 2. The third-order valence-electron chi connectivity index (χ3n) is 7.99. The molecule has 0 saturated carbocycles. The number of hydrogen-bond donors (Lipinski definition) is 1. The minimum Gasteiger partial charge on any atom is -0.504 e. The molecule has 2 fully saturated rings. The number of ether oxygens (including phenoxy) is 1. The van der Waals surface area contributed by atoms with Crippen molar-refractivity contribution in [3.05, 3.63) is 68.1 Å². The van der Waals surface area contributed by atoms with Gasteiger partial charge in [0.1, 0.15) is 11.8 Å². The van der Waals surface area contributed by atoms with E-state index in [1.807, 2.05) is 19.1 Å². The molecule has 0 unspecified atom stereocenters. The lowest BCUT2D eigenvalue weighted by molar-refractivity contribution is -0.133. The van der Waals surface area contributed by atoms with E-state index in [-0.39, 0.29) is 40.6 Å². The van der Waals surface area contributed by atoms with Crippen LogP contribution in [0.15, 0.2) is 52.3 Å². The van der Waals surface area contributed by atoms with Crippen LogP contribution in [-0.2, 0) is 20.9 Å². The molecule has 3 aromatic rings. The quantitative estimate of drug-likeness (QED) is 0.428. The first-order valence-corrected chi connectivity index (χ1v) is 15.6. The number of thioether (sulfide) groups is 1. The molecule has 214 valence electrons. The van der Waals surface area contributed by atoms with E-state index in [9.17, 15) is 24.3 Å². The lowest BCUT2D eigenvalue weighted by Gasteiger charge is -2.31. The normalized spacial score (nSPS) is 22.0. The first kappa shape index (κ1) is 27.6. The SMILES string of the molecule is CCOc1cc([C@@H]2c3sc(=O)n(CC(=O)N4CCCCC4)c3S[C@@H]3C(=O)N(c4ccc(C)cc4)C(=O)[C@H]23)ccc1O. The van der Waals surface area contributed by atoms with Gasteiger partial charge in [0.05, 0.1) is 23.2 Å². The fourth-order valence-electron chi connectivity index (χ4n) is 5.94. The van der Waals surface area contributed by atoms with Crippen LogP contribution in [0.25, 0.3) is 0 Å². The number of aryl methyl sites for hydroxylation is 1. The maximum atomic E-state index is 14.1. The van der Waals surface area contributed by atoms with Crippen LogP contribution in [0.1, 0.15) is 48.1 Å². The number of likely N-dealkylation sites (tertiary alicyclic amines) is 1. The Bertz CT molecular complexity index is 1570. The maximum Gasteiger partial charge on any atom is 0.308 e. The van der Waals surface area contributed by atoms with Crippen LogP contribution in [-0.4, -0.2) is 57.2 Å². The number of nitrogens with zero attached hydrogens (tertiary/aromatic N) is 3. The average molecular weight is 594 g/mol. The number of phenolic OH excluding ortho intramolecular Hbond substituents is 1. The van der Waals surface area contributed by atoms with Crippen LogP contribution in [0.5, 0.6) is 11.5 Å². The summed E-state index contributed by atoms with van der Waals surface area (Å²) in [4.78, 5) is 57.9. The van der Waals surface area contributed by atoms with E-state index in [1.165, 1.54) is 27.3 Å². The van der Waals surface area contributed by atoms with E-state index < -0.39 is 17.1 Å². The smallest absolute Gasteiger partial charge is 0.308 e. The molecule has 1 N–H and O–H groups in total. The van der Waals surface area contributed by atoms with Crippen molar-refractivity contribution in [2.24, 2.45) is 5.92 Å². The number of benzene rings is 2. The molecule has 0 radical (unpaired) electrons. The Balaban J connectivity index is 1.45. The summed E-state index contributed by atoms with van der Waals surface area (Å²) in [5, 5.41) is 10.1. The largest absolute Gasteiger partial charge is 0.504 e. The highest BCUT2D eigenvalue weighted by Gasteiger charge is 2.57. The molecular weight excluding hydrogens is 562 g/mol. The van der Waals surface area contributed by atoms with Crippen molar-refractivity contribution in [1.29, 1.82) is 0 Å². The van der Waals surface area contributed by atoms with E-state index in [4.69, 9.17) is 4.74 Å². The van der Waals surface area contributed by atoms with E-state index in [0.717, 1.165) is 36.2 Å². The minimum absolute atomic E-state index is 0.0365. The molecule has 0 bridgehead atoms. The summed E-state index contributed by atoms with van der Waals surface area (Å²) in [5.41, 5.74) is 2.17. The van der Waals surface area contributed by atoms with E-state index >= 15 is 0 Å². The molecular formula is C30H31N3O6S2. The summed E-state index contributed by atoms with van der Waals surface area (Å²) in [6, 6.07) is 12.1. The highest BCUT2D eigenvalue weighted by molar-refractivity contribution is 8.00. The number of amides is 3. The van der Waals surface area contributed by atoms with Crippen molar-refractivity contribution < 1.29 is 24.2 Å². The predicted octanol–water partition coefficient (Wildman–Crippen LogP) is 4.13. The van der Waals surface area contributed by atoms with Crippen LogP contribution >= 0.6 is 23.1 Å². The first-order valence-electron chi connectivity index (χ1n) is 13.9. The number of piperidine rings is 1. The van der Waals surface area contributed by atoms with Crippen molar-refractivity contribution in [3.8, 4) is 11.5 Å². The second-order valence-corrected chi connectivity index (χ2v) is 12.7. The third-order valence-corrected chi connectivity index (χ3v) is 10.6. The van der Waals surface area contributed by atoms with Gasteiger partial charge < -0.3 is 14.7 Å². The summed E-state index contributed by atoms with van der Waals surface area (Å²) in [5.74, 6) is -1.98. The molecule has 1 aromatic heterocycles. The molecule has 4 heterocycles. The fraction of sp³-hybridized carbons (Fsp3) is 0.400. The number of carbonyl (C=O) groups is 3. The van der Waals surface area contributed by atoms with Gasteiger partial charge in [0.2, 0.25) is 17.7 Å². The number of phenols is 1. The Kier molecular flexibility index (Phi) is 7.41. The van der Waals surface area contributed by atoms with Gasteiger partial charge in [-0.1, -0.05) is 46.9 Å². The molecule has 0 spiro atoms. The summed E-state index contributed by atoms with van der Waals surface area (Å²) in [7, 11) is 0. The number of hydrogen-bond acceptors (Lipinski definition) is 8. The number of anilines is 1. The summed E-state index contributed by atoms with van der Waals surface area (Å²) >= 11 is 2.22. The van der Waals surface area contributed by atoms with Gasteiger partial charge in [-0.3, -0.25) is 23.7 Å². The molecule has 3 atom stereocenters. The van der Waals surface area contributed by atoms with Gasteiger partial charge in [-0.2, -0.15) is 0 Å². The molecule has 2 aromatic carbocycles. The van der Waals surface area contributed by atoms with Gasteiger partial charge in [0, 0.05) is 23.9 Å². The molecule has 0 aliphatic carbocycles. The standard InChI is InChI=1S/C30H31N3O6S2/c1-3-39-21-15-18(9-12-20(21)34)23-24-25(28(37)33(27(24)36)19-10-7-17(2)8-11-19)40-29-26(23)41-30(38)32(29)16-22(35)31-13-5-4-6-14-31/h7-12,15,23-25,34H,3-6,13-14,16H2,1-2H3/t23-,24+,25-/m0/s1. The van der Waals surface area contributed by atoms with Gasteiger partial charge in [-0.05, 0) is 62.9 Å². The topological polar surface area (TPSA) is 109 Å². The molecule has 6 rings (SSSR count). The van der Waals surface area contributed by atoms with Crippen molar-refractivity contribution in [2.45, 2.75) is 55.8 Å². The second-order valence-electron chi connectivity index (χ2n) is 10.6. The fourth-order valence-corrected chi connectivity index (χ4v) is 8.71. The zero-order chi connectivity index (χ0) is 28.8. The third kappa shape index (κ3) is 4.84. The van der Waals surface area contributed by atoms with Crippen LogP contribution < -0.4 is 14.5 Å². The van der Waals surface area contributed by atoms with Crippen molar-refractivity contribution in [3.63, 3.8) is 0 Å². The Hall–Kier alpha value is -3.57. The summed E-state index contributed by atoms with van der Waals surface area (Å²) < 4.78 is 7.11. The lowest BCUT2D eigenvalue weighted by Crippen LogP contribution is -2.39. The molecule has 9 nitrogen and oxygen atoms in total. The highest BCUT2D eigenvalue weighted by atomic mass is 32.2. The molecule has 2 saturated heterocycles. The summed E-state index contributed by atoms with van der Waals surface area (Å²) in [6.07, 6.45) is 2.97. The highest BCUT2D eigenvalue weighted by Crippen LogP contribution is 2.54. The van der Waals surface area contributed by atoms with Gasteiger partial charge in [-0.15, -0.1) is 0 Å². The number of carbonyl (C=O) groups excluding carboxylic acids is 3. The summed E-state index contributed by atoms with van der Waals surface area (Å²) in [6.45, 7) is 5.31. The molecule has 3 amide bonds. The number of imide groups is 1. The number of thiazole rings is 1. The van der Waals surface area contributed by atoms with Gasteiger partial charge >= 0.3 is 4.87 Å².